The van der Waals surface area contributed by atoms with Crippen LogP contribution >= 0.6 is 11.3 Å². The fourth-order valence-corrected chi connectivity index (χ4v) is 1.35. The highest BCUT2D eigenvalue weighted by atomic mass is 32.1. The summed E-state index contributed by atoms with van der Waals surface area (Å²) in [5.41, 5.74) is 0.775. The van der Waals surface area contributed by atoms with Gasteiger partial charge in [0.1, 0.15) is 0 Å². The number of ketones is 1. The van der Waals surface area contributed by atoms with Crippen LogP contribution in [0.15, 0.2) is 53.2 Å². The number of carbonyl (C=O) groups is 1. The van der Waals surface area contributed by atoms with Crippen LogP contribution < -0.4 is 0 Å². The van der Waals surface area contributed by atoms with E-state index >= 15 is 0 Å². The van der Waals surface area contributed by atoms with Gasteiger partial charge in [-0.15, -0.1) is 0 Å². The van der Waals surface area contributed by atoms with Crippen molar-refractivity contribution in [3.8, 4) is 0 Å². The van der Waals surface area contributed by atoms with Crippen molar-refractivity contribution in [2.24, 2.45) is 0 Å². The first kappa shape index (κ1) is 10.7. The molecule has 0 saturated heterocycles. The molecule has 2 rings (SSSR count). The van der Waals surface area contributed by atoms with E-state index in [0.29, 0.717) is 0 Å². The molecule has 0 N–H and O–H groups in total. The molecule has 0 aliphatic heterocycles. The molecule has 0 saturated carbocycles. The van der Waals surface area contributed by atoms with E-state index in [4.69, 9.17) is 0 Å². The van der Waals surface area contributed by atoms with Crippen molar-refractivity contribution in [3.05, 3.63) is 58.8 Å². The van der Waals surface area contributed by atoms with Crippen LogP contribution in [0.5, 0.6) is 0 Å². The van der Waals surface area contributed by atoms with Gasteiger partial charge in [-0.05, 0) is 17.7 Å². The van der Waals surface area contributed by atoms with Crippen molar-refractivity contribution in [1.82, 2.24) is 0 Å². The highest BCUT2D eigenvalue weighted by Gasteiger charge is 1.92. The fraction of sp³-hybridized carbons (Fsp3) is 0.0833. The maximum atomic E-state index is 10.6. The average molecular weight is 204 g/mol. The molecular formula is C12H12OS. The highest BCUT2D eigenvalue weighted by molar-refractivity contribution is 7.07. The van der Waals surface area contributed by atoms with Gasteiger partial charge in [-0.1, -0.05) is 42.5 Å². The summed E-state index contributed by atoms with van der Waals surface area (Å²) < 4.78 is 0. The first-order valence-corrected chi connectivity index (χ1v) is 5.28. The van der Waals surface area contributed by atoms with Crippen molar-refractivity contribution in [2.75, 3.05) is 0 Å². The van der Waals surface area contributed by atoms with Gasteiger partial charge in [0.25, 0.3) is 0 Å². The largest absolute Gasteiger partial charge is 0.295 e. The zero-order valence-electron chi connectivity index (χ0n) is 8.01. The van der Waals surface area contributed by atoms with E-state index in [9.17, 15) is 4.79 Å². The predicted octanol–water partition coefficient (Wildman–Crippen LogP) is 3.64. The minimum atomic E-state index is 0.121. The van der Waals surface area contributed by atoms with Crippen LogP contribution in [0, 0.1) is 0 Å². The Hall–Kier alpha value is -1.41. The molecule has 0 unspecified atom stereocenters. The van der Waals surface area contributed by atoms with E-state index in [2.05, 4.69) is 0 Å². The van der Waals surface area contributed by atoms with Gasteiger partial charge >= 0.3 is 0 Å². The average Bonchev–Trinajstić information content (AvgIpc) is 2.77. The predicted molar refractivity (Wildman–Crippen MR) is 60.8 cm³/mol. The van der Waals surface area contributed by atoms with E-state index in [1.54, 1.807) is 18.3 Å². The summed E-state index contributed by atoms with van der Waals surface area (Å²) >= 11 is 1.71. The van der Waals surface area contributed by atoms with Crippen molar-refractivity contribution < 1.29 is 4.79 Å². The molecule has 1 heterocycles. The molecule has 1 aromatic carbocycles. The summed E-state index contributed by atoms with van der Waals surface area (Å²) in [6.45, 7) is 1.56. The number of hydrogen-bond donors (Lipinski definition) is 0. The normalized spacial score (nSPS) is 8.64. The standard InChI is InChI=1S/C8H8O.C4H4S/c1-7(9)8-5-3-2-4-6-8;1-2-4-5-3-1/h2-6H,1H3;1-4H. The molecule has 0 aliphatic rings. The number of rotatable bonds is 1. The lowest BCUT2D eigenvalue weighted by molar-refractivity contribution is 0.101. The van der Waals surface area contributed by atoms with Gasteiger partial charge in [0.15, 0.2) is 5.78 Å². The maximum absolute atomic E-state index is 10.6. The molecule has 0 fully saturated rings. The number of Topliss-reactive ketones (excluding diaryl/α,β-unsaturated/α-hetero) is 1. The molecule has 0 amide bonds. The smallest absolute Gasteiger partial charge is 0.159 e. The quantitative estimate of drug-likeness (QED) is 0.648. The Kier molecular flexibility index (Phi) is 4.65. The molecule has 0 atom stereocenters. The third kappa shape index (κ3) is 4.01. The van der Waals surface area contributed by atoms with E-state index in [1.165, 1.54) is 0 Å². The number of carbonyl (C=O) groups excluding carboxylic acids is 1. The van der Waals surface area contributed by atoms with Gasteiger partial charge in [0, 0.05) is 5.56 Å². The van der Waals surface area contributed by atoms with Gasteiger partial charge in [0.2, 0.25) is 0 Å². The summed E-state index contributed by atoms with van der Waals surface area (Å²) in [6, 6.07) is 13.3. The highest BCUT2D eigenvalue weighted by Crippen LogP contribution is 1.97. The van der Waals surface area contributed by atoms with E-state index < -0.39 is 0 Å². The van der Waals surface area contributed by atoms with Crippen LogP contribution in [0.3, 0.4) is 0 Å². The van der Waals surface area contributed by atoms with Crippen LogP contribution in [0.4, 0.5) is 0 Å². The lowest BCUT2D eigenvalue weighted by Gasteiger charge is -1.89. The summed E-state index contributed by atoms with van der Waals surface area (Å²) in [7, 11) is 0. The Morgan fingerprint density at radius 2 is 1.57 bits per heavy atom. The molecule has 0 bridgehead atoms. The number of benzene rings is 1. The van der Waals surface area contributed by atoms with Gasteiger partial charge in [0.05, 0.1) is 0 Å². The first-order chi connectivity index (χ1) is 6.80. The Balaban J connectivity index is 0.000000165. The lowest BCUT2D eigenvalue weighted by Crippen LogP contribution is -1.88. The van der Waals surface area contributed by atoms with E-state index in [0.717, 1.165) is 5.56 Å². The molecular weight excluding hydrogens is 192 g/mol. The molecule has 1 aromatic heterocycles. The van der Waals surface area contributed by atoms with Crippen LogP contribution in [-0.4, -0.2) is 5.78 Å². The van der Waals surface area contributed by atoms with Crippen LogP contribution in [0.25, 0.3) is 0 Å². The topological polar surface area (TPSA) is 17.1 Å². The minimum absolute atomic E-state index is 0.121. The molecule has 0 radical (unpaired) electrons. The Morgan fingerprint density at radius 1 is 1.00 bits per heavy atom. The molecule has 1 nitrogen and oxygen atoms in total. The second kappa shape index (κ2) is 6.11. The Labute approximate surface area is 88.0 Å². The van der Waals surface area contributed by atoms with Crippen molar-refractivity contribution in [2.45, 2.75) is 6.92 Å². The van der Waals surface area contributed by atoms with Gasteiger partial charge in [-0.3, -0.25) is 4.79 Å². The Bertz CT molecular complexity index is 334. The number of thiophene rings is 1. The lowest BCUT2D eigenvalue weighted by atomic mass is 10.2. The first-order valence-electron chi connectivity index (χ1n) is 4.34. The second-order valence-electron chi connectivity index (χ2n) is 2.72. The summed E-state index contributed by atoms with van der Waals surface area (Å²) in [4.78, 5) is 10.6. The van der Waals surface area contributed by atoms with Crippen molar-refractivity contribution in [1.29, 1.82) is 0 Å². The maximum Gasteiger partial charge on any atom is 0.159 e. The third-order valence-corrected chi connectivity index (χ3v) is 2.23. The molecule has 0 aliphatic carbocycles. The van der Waals surface area contributed by atoms with E-state index in [1.807, 2.05) is 53.2 Å². The molecule has 14 heavy (non-hydrogen) atoms. The summed E-state index contributed by atoms with van der Waals surface area (Å²) in [5.74, 6) is 0.121. The van der Waals surface area contributed by atoms with E-state index in [-0.39, 0.29) is 5.78 Å². The van der Waals surface area contributed by atoms with Gasteiger partial charge < -0.3 is 0 Å². The van der Waals surface area contributed by atoms with Crippen LogP contribution in [0.2, 0.25) is 0 Å². The minimum Gasteiger partial charge on any atom is -0.295 e. The number of hydrogen-bond acceptors (Lipinski definition) is 2. The molecule has 2 aromatic rings. The monoisotopic (exact) mass is 204 g/mol. The summed E-state index contributed by atoms with van der Waals surface area (Å²) in [5, 5.41) is 4.08. The molecule has 2 heteroatoms. The molecule has 72 valence electrons. The Morgan fingerprint density at radius 3 is 1.86 bits per heavy atom. The van der Waals surface area contributed by atoms with Crippen LogP contribution in [0.1, 0.15) is 17.3 Å². The van der Waals surface area contributed by atoms with Crippen molar-refractivity contribution >= 4 is 17.1 Å². The second-order valence-corrected chi connectivity index (χ2v) is 3.53. The fourth-order valence-electron chi connectivity index (χ4n) is 0.900. The van der Waals surface area contributed by atoms with Crippen LogP contribution in [-0.2, 0) is 0 Å². The SMILES string of the molecule is CC(=O)c1ccccc1.c1ccsc1. The molecule has 0 spiro atoms. The van der Waals surface area contributed by atoms with Gasteiger partial charge in [-0.2, -0.15) is 11.3 Å². The van der Waals surface area contributed by atoms with Crippen molar-refractivity contribution in [3.63, 3.8) is 0 Å². The third-order valence-electron chi connectivity index (χ3n) is 1.61. The van der Waals surface area contributed by atoms with Gasteiger partial charge in [-0.25, -0.2) is 0 Å². The zero-order chi connectivity index (χ0) is 10.2. The zero-order valence-corrected chi connectivity index (χ0v) is 8.83. The summed E-state index contributed by atoms with van der Waals surface area (Å²) in [6.07, 6.45) is 0.